The normalized spacial score (nSPS) is 11.6. The molecule has 0 fully saturated rings. The molecule has 0 aliphatic rings. The Hall–Kier alpha value is -4.87. The van der Waals surface area contributed by atoms with E-state index < -0.39 is 23.2 Å². The van der Waals surface area contributed by atoms with Crippen LogP contribution < -0.4 is 5.69 Å². The van der Waals surface area contributed by atoms with Crippen LogP contribution in [0, 0.1) is 0 Å². The zero-order valence-corrected chi connectivity index (χ0v) is 21.4. The van der Waals surface area contributed by atoms with Crippen molar-refractivity contribution in [3.05, 3.63) is 100 Å². The number of Topliss-reactive ketones (excluding diaryl/α,β-unsaturated/α-hetero) is 1. The highest BCUT2D eigenvalue weighted by atomic mass is 19.4. The molecule has 0 amide bonds. The number of carbonyl (C=O) groups is 1. The number of ketones is 1. The van der Waals surface area contributed by atoms with Gasteiger partial charge < -0.3 is 0 Å². The first-order valence-electron chi connectivity index (χ1n) is 12.6. The fraction of sp³-hybridized carbons (Fsp3) is 0.214. The van der Waals surface area contributed by atoms with Crippen LogP contribution in [0.15, 0.2) is 77.9 Å². The van der Waals surface area contributed by atoms with Crippen LogP contribution in [0.25, 0.3) is 28.3 Å². The molecule has 0 saturated heterocycles. The third-order valence-corrected chi connectivity index (χ3v) is 6.47. The standard InChI is InChI=1S/C28H24F3N7O2/c1-2-3-8-19-17-38(24-12-7-6-11-22(24)25(39)28(29,30)31)27(40)37(19)16-18-13-14-23(32-15-18)20-9-4-5-10-21(20)26-33-35-36-34-26/h4-7,9-15,17H,2-3,8,16H2,1H3,(H,33,34,35,36). The molecule has 40 heavy (non-hydrogen) atoms. The summed E-state index contributed by atoms with van der Waals surface area (Å²) in [6.45, 7) is 2.16. The second-order valence-electron chi connectivity index (χ2n) is 9.14. The lowest BCUT2D eigenvalue weighted by Gasteiger charge is -2.11. The van der Waals surface area contributed by atoms with Gasteiger partial charge in [0.05, 0.1) is 23.5 Å². The van der Waals surface area contributed by atoms with Gasteiger partial charge in [0, 0.05) is 29.2 Å². The van der Waals surface area contributed by atoms with Gasteiger partial charge in [-0.05, 0) is 41.8 Å². The van der Waals surface area contributed by atoms with Crippen LogP contribution in [0.1, 0.15) is 41.4 Å². The van der Waals surface area contributed by atoms with Gasteiger partial charge in [-0.3, -0.25) is 18.9 Å². The first kappa shape index (κ1) is 26.7. The number of tetrazole rings is 1. The molecular weight excluding hydrogens is 523 g/mol. The molecule has 204 valence electrons. The molecule has 0 aliphatic heterocycles. The van der Waals surface area contributed by atoms with Crippen LogP contribution >= 0.6 is 0 Å². The maximum Gasteiger partial charge on any atom is 0.454 e. The van der Waals surface area contributed by atoms with Crippen molar-refractivity contribution in [2.24, 2.45) is 0 Å². The number of carbonyl (C=O) groups excluding carboxylic acids is 1. The number of pyridine rings is 1. The highest BCUT2D eigenvalue weighted by molar-refractivity contribution is 6.03. The van der Waals surface area contributed by atoms with Gasteiger partial charge in [-0.1, -0.05) is 55.8 Å². The average molecular weight is 548 g/mol. The number of hydrogen-bond donors (Lipinski definition) is 1. The summed E-state index contributed by atoms with van der Waals surface area (Å²) in [7, 11) is 0. The van der Waals surface area contributed by atoms with Crippen molar-refractivity contribution < 1.29 is 18.0 Å². The summed E-state index contributed by atoms with van der Waals surface area (Å²) in [5, 5.41) is 14.2. The van der Waals surface area contributed by atoms with Crippen LogP contribution in [-0.4, -0.2) is 46.7 Å². The Bertz CT molecular complexity index is 1690. The Morgan fingerprint density at radius 2 is 1.75 bits per heavy atom. The highest BCUT2D eigenvalue weighted by Gasteiger charge is 2.40. The molecule has 12 heteroatoms. The lowest BCUT2D eigenvalue weighted by atomic mass is 10.0. The number of aromatic amines is 1. The number of nitrogens with one attached hydrogen (secondary N) is 1. The number of alkyl halides is 3. The van der Waals surface area contributed by atoms with E-state index in [-0.39, 0.29) is 12.2 Å². The van der Waals surface area contributed by atoms with Gasteiger partial charge in [0.2, 0.25) is 5.82 Å². The van der Waals surface area contributed by atoms with E-state index in [9.17, 15) is 22.8 Å². The molecule has 3 aromatic heterocycles. The van der Waals surface area contributed by atoms with Crippen LogP contribution in [0.4, 0.5) is 13.2 Å². The van der Waals surface area contributed by atoms with Crippen molar-refractivity contribution in [1.29, 1.82) is 0 Å². The van der Waals surface area contributed by atoms with Gasteiger partial charge in [-0.2, -0.15) is 18.4 Å². The third-order valence-electron chi connectivity index (χ3n) is 6.47. The molecular formula is C28H24F3N7O2. The van der Waals surface area contributed by atoms with E-state index in [1.165, 1.54) is 29.0 Å². The summed E-state index contributed by atoms with van der Waals surface area (Å²) >= 11 is 0. The van der Waals surface area contributed by atoms with E-state index in [0.717, 1.165) is 40.2 Å². The number of imidazole rings is 1. The van der Waals surface area contributed by atoms with Gasteiger partial charge in [0.15, 0.2) is 0 Å². The summed E-state index contributed by atoms with van der Waals surface area (Å²) in [5.41, 5.74) is 2.35. The predicted molar refractivity (Wildman–Crippen MR) is 141 cm³/mol. The van der Waals surface area contributed by atoms with Crippen LogP contribution in [0.2, 0.25) is 0 Å². The molecule has 0 atom stereocenters. The Kier molecular flexibility index (Phi) is 7.41. The minimum absolute atomic E-state index is 0.113. The van der Waals surface area contributed by atoms with Crippen LogP contribution in [0.3, 0.4) is 0 Å². The summed E-state index contributed by atoms with van der Waals surface area (Å²) in [6.07, 6.45) is 0.274. The number of benzene rings is 2. The quantitative estimate of drug-likeness (QED) is 0.260. The van der Waals surface area contributed by atoms with Gasteiger partial charge in [-0.15, -0.1) is 10.2 Å². The summed E-state index contributed by atoms with van der Waals surface area (Å²) in [6, 6.07) is 16.4. The first-order chi connectivity index (χ1) is 19.3. The van der Waals surface area contributed by atoms with Crippen molar-refractivity contribution in [2.75, 3.05) is 0 Å². The summed E-state index contributed by atoms with van der Waals surface area (Å²) in [4.78, 5) is 30.2. The molecule has 5 rings (SSSR count). The predicted octanol–water partition coefficient (Wildman–Crippen LogP) is 5.02. The van der Waals surface area contributed by atoms with E-state index in [1.807, 2.05) is 43.3 Å². The van der Waals surface area contributed by atoms with Crippen molar-refractivity contribution in [3.8, 4) is 28.3 Å². The minimum Gasteiger partial charge on any atom is -0.292 e. The SMILES string of the molecule is CCCCc1cn(-c2ccccc2C(=O)C(F)(F)F)c(=O)n1Cc1ccc(-c2ccccc2-c2nn[nH]n2)nc1. The maximum absolute atomic E-state index is 13.5. The second kappa shape index (κ2) is 11.1. The number of aryl methyl sites for hydroxylation is 1. The van der Waals surface area contributed by atoms with Gasteiger partial charge in [-0.25, -0.2) is 4.79 Å². The first-order valence-corrected chi connectivity index (χ1v) is 12.6. The molecule has 9 nitrogen and oxygen atoms in total. The fourth-order valence-corrected chi connectivity index (χ4v) is 4.49. The van der Waals surface area contributed by atoms with E-state index in [0.29, 0.717) is 23.6 Å². The number of rotatable bonds is 9. The Balaban J connectivity index is 1.50. The molecule has 0 radical (unpaired) electrons. The largest absolute Gasteiger partial charge is 0.454 e. The smallest absolute Gasteiger partial charge is 0.292 e. The molecule has 0 unspecified atom stereocenters. The van der Waals surface area contributed by atoms with Crippen molar-refractivity contribution in [2.45, 2.75) is 38.9 Å². The molecule has 2 aromatic carbocycles. The number of aromatic nitrogens is 7. The Morgan fingerprint density at radius 1 is 1.00 bits per heavy atom. The number of halogens is 3. The fourth-order valence-electron chi connectivity index (χ4n) is 4.49. The number of unbranched alkanes of at least 4 members (excludes halogenated alkanes) is 1. The maximum atomic E-state index is 13.5. The zero-order chi connectivity index (χ0) is 28.3. The van der Waals surface area contributed by atoms with Crippen LogP contribution in [0.5, 0.6) is 0 Å². The number of hydrogen-bond acceptors (Lipinski definition) is 6. The Morgan fingerprint density at radius 3 is 2.42 bits per heavy atom. The lowest BCUT2D eigenvalue weighted by Crippen LogP contribution is -2.28. The topological polar surface area (TPSA) is 111 Å². The van der Waals surface area contributed by atoms with E-state index in [1.54, 1.807) is 6.20 Å². The van der Waals surface area contributed by atoms with Crippen LogP contribution in [-0.2, 0) is 13.0 Å². The van der Waals surface area contributed by atoms with Gasteiger partial charge >= 0.3 is 11.9 Å². The molecule has 5 aromatic rings. The number of para-hydroxylation sites is 1. The van der Waals surface area contributed by atoms with Crippen molar-refractivity contribution in [3.63, 3.8) is 0 Å². The summed E-state index contributed by atoms with van der Waals surface area (Å²) in [5.74, 6) is -1.57. The van der Waals surface area contributed by atoms with E-state index in [4.69, 9.17) is 0 Å². The van der Waals surface area contributed by atoms with Crippen molar-refractivity contribution >= 4 is 5.78 Å². The second-order valence-corrected chi connectivity index (χ2v) is 9.14. The third kappa shape index (κ3) is 5.33. The molecule has 3 heterocycles. The van der Waals surface area contributed by atoms with Gasteiger partial charge in [0.1, 0.15) is 0 Å². The Labute approximate surface area is 226 Å². The lowest BCUT2D eigenvalue weighted by molar-refractivity contribution is -0.0885. The molecule has 0 bridgehead atoms. The number of H-pyrrole nitrogens is 1. The molecule has 1 N–H and O–H groups in total. The monoisotopic (exact) mass is 547 g/mol. The summed E-state index contributed by atoms with van der Waals surface area (Å²) < 4.78 is 42.4. The van der Waals surface area contributed by atoms with Crippen molar-refractivity contribution in [1.82, 2.24) is 34.7 Å². The molecule has 0 saturated carbocycles. The average Bonchev–Trinajstić information content (AvgIpc) is 3.60. The number of nitrogens with zero attached hydrogens (tertiary/aromatic N) is 6. The zero-order valence-electron chi connectivity index (χ0n) is 21.4. The minimum atomic E-state index is -5.07. The molecule has 0 aliphatic carbocycles. The van der Waals surface area contributed by atoms with E-state index in [2.05, 4.69) is 25.6 Å². The van der Waals surface area contributed by atoms with Gasteiger partial charge in [0.25, 0.3) is 5.78 Å². The molecule has 0 spiro atoms. The van der Waals surface area contributed by atoms with E-state index >= 15 is 0 Å². The highest BCUT2D eigenvalue weighted by Crippen LogP contribution is 2.29.